The number of aliphatic hydroxyl groups is 1. The lowest BCUT2D eigenvalue weighted by molar-refractivity contribution is 0.0994. The van der Waals surface area contributed by atoms with Gasteiger partial charge in [-0.05, 0) is 45.3 Å². The van der Waals surface area contributed by atoms with Gasteiger partial charge in [-0.25, -0.2) is 4.79 Å². The number of benzene rings is 1. The van der Waals surface area contributed by atoms with Gasteiger partial charge >= 0.3 is 6.09 Å². The van der Waals surface area contributed by atoms with E-state index in [-0.39, 0.29) is 30.0 Å². The van der Waals surface area contributed by atoms with Crippen LogP contribution in [-0.4, -0.2) is 42.4 Å². The Balaban J connectivity index is 3.35. The van der Waals surface area contributed by atoms with Gasteiger partial charge in [0.2, 0.25) is 0 Å². The number of nitrogens with zero attached hydrogens (tertiary/aromatic N) is 1. The Morgan fingerprint density at radius 1 is 1.00 bits per heavy atom. The fourth-order valence-corrected chi connectivity index (χ4v) is 4.32. The van der Waals surface area contributed by atoms with Gasteiger partial charge in [-0.2, -0.15) is 0 Å². The van der Waals surface area contributed by atoms with Crippen LogP contribution < -0.4 is 0 Å². The molecule has 1 amide bonds. The SMILES string of the molecule is CC(C)[C@@H](O)[C@H](/C=C(\OC(=O)N(C(C)C)C(C)C)[Si](C)(C)C)c1ccccc1. The molecule has 4 nitrogen and oxygen atoms in total. The molecule has 0 saturated carbocycles. The third-order valence-corrected chi connectivity index (χ3v) is 6.57. The van der Waals surface area contributed by atoms with Crippen molar-refractivity contribution in [2.24, 2.45) is 5.92 Å². The molecule has 1 aromatic rings. The molecule has 1 rings (SSSR count). The predicted molar refractivity (Wildman–Crippen MR) is 120 cm³/mol. The van der Waals surface area contributed by atoms with Crippen molar-refractivity contribution >= 4 is 14.2 Å². The molecule has 158 valence electrons. The third-order valence-electron chi connectivity index (χ3n) is 4.83. The molecule has 0 unspecified atom stereocenters. The highest BCUT2D eigenvalue weighted by Gasteiger charge is 2.31. The van der Waals surface area contributed by atoms with E-state index in [9.17, 15) is 9.90 Å². The van der Waals surface area contributed by atoms with Gasteiger partial charge in [0.05, 0.1) is 11.5 Å². The number of rotatable bonds is 8. The zero-order valence-electron chi connectivity index (χ0n) is 19.1. The molecule has 0 aliphatic rings. The first-order valence-corrected chi connectivity index (χ1v) is 13.8. The van der Waals surface area contributed by atoms with Crippen molar-refractivity contribution in [3.63, 3.8) is 0 Å². The van der Waals surface area contributed by atoms with Crippen molar-refractivity contribution in [2.45, 2.75) is 85.3 Å². The minimum absolute atomic E-state index is 0.0570. The molecule has 0 spiro atoms. The lowest BCUT2D eigenvalue weighted by atomic mass is 9.87. The Hall–Kier alpha value is -1.59. The first-order chi connectivity index (χ1) is 12.9. The van der Waals surface area contributed by atoms with Crippen molar-refractivity contribution in [1.82, 2.24) is 4.90 Å². The van der Waals surface area contributed by atoms with Gasteiger partial charge in [0.25, 0.3) is 0 Å². The minimum Gasteiger partial charge on any atom is -0.420 e. The summed E-state index contributed by atoms with van der Waals surface area (Å²) in [6.45, 7) is 18.5. The molecule has 0 bridgehead atoms. The maximum Gasteiger partial charge on any atom is 0.414 e. The lowest BCUT2D eigenvalue weighted by Crippen LogP contribution is -2.44. The predicted octanol–water partition coefficient (Wildman–Crippen LogP) is 5.80. The van der Waals surface area contributed by atoms with Crippen LogP contribution in [0.25, 0.3) is 0 Å². The molecule has 28 heavy (non-hydrogen) atoms. The average molecular weight is 406 g/mol. The largest absolute Gasteiger partial charge is 0.420 e. The van der Waals surface area contributed by atoms with Crippen LogP contribution in [0, 0.1) is 5.92 Å². The summed E-state index contributed by atoms with van der Waals surface area (Å²) >= 11 is 0. The van der Waals surface area contributed by atoms with E-state index < -0.39 is 14.2 Å². The highest BCUT2D eigenvalue weighted by atomic mass is 28.3. The van der Waals surface area contributed by atoms with Crippen LogP contribution in [0.4, 0.5) is 4.79 Å². The molecule has 1 aromatic carbocycles. The number of ether oxygens (including phenoxy) is 1. The minimum atomic E-state index is -1.96. The van der Waals surface area contributed by atoms with E-state index in [0.717, 1.165) is 10.9 Å². The van der Waals surface area contributed by atoms with E-state index in [4.69, 9.17) is 4.74 Å². The molecule has 2 atom stereocenters. The Morgan fingerprint density at radius 3 is 1.89 bits per heavy atom. The van der Waals surface area contributed by atoms with Crippen LogP contribution in [0.15, 0.2) is 41.8 Å². The summed E-state index contributed by atoms with van der Waals surface area (Å²) in [4.78, 5) is 14.7. The van der Waals surface area contributed by atoms with Gasteiger partial charge in [0.15, 0.2) is 0 Å². The Labute approximate surface area is 172 Å². The Bertz CT molecular complexity index is 640. The van der Waals surface area contributed by atoms with Gasteiger partial charge in [-0.1, -0.05) is 63.8 Å². The second-order valence-corrected chi connectivity index (χ2v) is 14.4. The molecule has 1 N–H and O–H groups in total. The highest BCUT2D eigenvalue weighted by molar-refractivity contribution is 6.82. The summed E-state index contributed by atoms with van der Waals surface area (Å²) in [5, 5.41) is 11.6. The molecule has 0 heterocycles. The van der Waals surface area contributed by atoms with E-state index in [1.807, 2.05) is 78.0 Å². The summed E-state index contributed by atoms with van der Waals surface area (Å²) in [5.41, 5.74) is 1.03. The second kappa shape index (κ2) is 10.3. The van der Waals surface area contributed by atoms with Gasteiger partial charge < -0.3 is 14.7 Å². The second-order valence-electron chi connectivity index (χ2n) is 9.41. The first kappa shape index (κ1) is 24.4. The molecule has 0 aliphatic carbocycles. The standard InChI is InChI=1S/C23H39NO3Si/c1-16(2)22(25)20(19-13-11-10-12-14-19)15-21(28(7,8)9)27-23(26)24(17(3)4)18(5)6/h10-18,20,22,25H,1-9H3/b21-15+/t20-,22-/m1/s1. The van der Waals surface area contributed by atoms with Crippen LogP contribution in [0.1, 0.15) is 53.0 Å². The summed E-state index contributed by atoms with van der Waals surface area (Å²) in [5.74, 6) is -0.134. The maximum absolute atomic E-state index is 12.9. The van der Waals surface area contributed by atoms with Crippen molar-refractivity contribution < 1.29 is 14.6 Å². The fourth-order valence-electron chi connectivity index (χ4n) is 3.25. The molecular weight excluding hydrogens is 366 g/mol. The monoisotopic (exact) mass is 405 g/mol. The first-order valence-electron chi connectivity index (χ1n) is 10.3. The van der Waals surface area contributed by atoms with Crippen LogP contribution in [0.2, 0.25) is 19.6 Å². The van der Waals surface area contributed by atoms with Gasteiger partial charge in [0.1, 0.15) is 8.07 Å². The van der Waals surface area contributed by atoms with E-state index in [0.29, 0.717) is 0 Å². The van der Waals surface area contributed by atoms with E-state index in [1.165, 1.54) is 0 Å². The van der Waals surface area contributed by atoms with Crippen molar-refractivity contribution in [1.29, 1.82) is 0 Å². The average Bonchev–Trinajstić information content (AvgIpc) is 2.56. The lowest BCUT2D eigenvalue weighted by Gasteiger charge is -2.33. The molecule has 0 aromatic heterocycles. The van der Waals surface area contributed by atoms with Gasteiger partial charge in [-0.3, -0.25) is 0 Å². The molecule has 0 fully saturated rings. The van der Waals surface area contributed by atoms with Crippen molar-refractivity contribution in [3.05, 3.63) is 47.4 Å². The molecule has 0 radical (unpaired) electrons. The van der Waals surface area contributed by atoms with Gasteiger partial charge in [0, 0.05) is 18.0 Å². The zero-order valence-corrected chi connectivity index (χ0v) is 20.1. The van der Waals surface area contributed by atoms with Crippen LogP contribution >= 0.6 is 0 Å². The van der Waals surface area contributed by atoms with Crippen molar-refractivity contribution in [2.75, 3.05) is 0 Å². The quantitative estimate of drug-likeness (QED) is 0.439. The third kappa shape index (κ3) is 6.78. The number of carbonyl (C=O) groups excluding carboxylic acids is 1. The number of carbonyl (C=O) groups is 1. The number of hydrogen-bond donors (Lipinski definition) is 1. The fraction of sp³-hybridized carbons (Fsp3) is 0.609. The molecule has 0 aliphatic heterocycles. The summed E-state index contributed by atoms with van der Waals surface area (Å²) in [6.07, 6.45) is 1.12. The normalized spacial score (nSPS) is 15.1. The van der Waals surface area contributed by atoms with Crippen LogP contribution in [0.5, 0.6) is 0 Å². The zero-order chi connectivity index (χ0) is 21.6. The molecular formula is C23H39NO3Si. The van der Waals surface area contributed by atoms with E-state index in [1.54, 1.807) is 4.90 Å². The maximum atomic E-state index is 12.9. The summed E-state index contributed by atoms with van der Waals surface area (Å²) in [6, 6.07) is 10.1. The van der Waals surface area contributed by atoms with Gasteiger partial charge in [-0.15, -0.1) is 0 Å². The number of aliphatic hydroxyl groups excluding tert-OH is 1. The van der Waals surface area contributed by atoms with Crippen molar-refractivity contribution in [3.8, 4) is 0 Å². The molecule has 5 heteroatoms. The molecule has 0 saturated heterocycles. The number of hydrogen-bond acceptors (Lipinski definition) is 3. The van der Waals surface area contributed by atoms with Crippen LogP contribution in [-0.2, 0) is 4.74 Å². The summed E-state index contributed by atoms with van der Waals surface area (Å²) in [7, 11) is -1.96. The van der Waals surface area contributed by atoms with E-state index in [2.05, 4.69) is 19.6 Å². The Morgan fingerprint density at radius 2 is 1.50 bits per heavy atom. The Kier molecular flexibility index (Phi) is 8.96. The number of amides is 1. The summed E-state index contributed by atoms with van der Waals surface area (Å²) < 4.78 is 5.98. The highest BCUT2D eigenvalue weighted by Crippen LogP contribution is 2.30. The topological polar surface area (TPSA) is 49.8 Å². The van der Waals surface area contributed by atoms with E-state index >= 15 is 0 Å². The smallest absolute Gasteiger partial charge is 0.414 e. The van der Waals surface area contributed by atoms with Crippen LogP contribution in [0.3, 0.4) is 0 Å².